The van der Waals surface area contributed by atoms with E-state index in [2.05, 4.69) is 9.97 Å². The van der Waals surface area contributed by atoms with Gasteiger partial charge in [0.1, 0.15) is 5.82 Å². The van der Waals surface area contributed by atoms with Crippen LogP contribution in [0.25, 0.3) is 0 Å². The zero-order chi connectivity index (χ0) is 16.9. The number of carbonyl (C=O) groups is 1. The maximum Gasteiger partial charge on any atom is 0.255 e. The standard InChI is InChI=1S/C17H21ClN4OS/c1-21(9-5-15-19-6-10-24-15)16-14(18)11-13(12-20-16)17(23)22-7-3-2-4-8-22/h6,10-12H,2-5,7-9H2,1H3. The van der Waals surface area contributed by atoms with Gasteiger partial charge >= 0.3 is 0 Å². The highest BCUT2D eigenvalue weighted by molar-refractivity contribution is 7.09. The third-order valence-corrected chi connectivity index (χ3v) is 5.34. The average Bonchev–Trinajstić information content (AvgIpc) is 3.13. The van der Waals surface area contributed by atoms with Crippen LogP contribution in [0.15, 0.2) is 23.8 Å². The molecule has 0 radical (unpaired) electrons. The summed E-state index contributed by atoms with van der Waals surface area (Å²) in [7, 11) is 1.95. The van der Waals surface area contributed by atoms with Crippen molar-refractivity contribution in [2.75, 3.05) is 31.6 Å². The molecule has 0 unspecified atom stereocenters. The number of nitrogens with zero attached hydrogens (tertiary/aromatic N) is 4. The summed E-state index contributed by atoms with van der Waals surface area (Å²) in [5.41, 5.74) is 0.568. The SMILES string of the molecule is CN(CCc1nccs1)c1ncc(C(=O)N2CCCCC2)cc1Cl. The molecule has 0 aliphatic carbocycles. The van der Waals surface area contributed by atoms with Gasteiger partial charge in [-0.2, -0.15) is 0 Å². The predicted octanol–water partition coefficient (Wildman–Crippen LogP) is 3.50. The largest absolute Gasteiger partial charge is 0.358 e. The summed E-state index contributed by atoms with van der Waals surface area (Å²) < 4.78 is 0. The molecule has 3 heterocycles. The Morgan fingerprint density at radius 3 is 2.79 bits per heavy atom. The maximum atomic E-state index is 12.5. The molecule has 1 aliphatic heterocycles. The smallest absolute Gasteiger partial charge is 0.255 e. The number of hydrogen-bond acceptors (Lipinski definition) is 5. The lowest BCUT2D eigenvalue weighted by atomic mass is 10.1. The van der Waals surface area contributed by atoms with Crippen LogP contribution < -0.4 is 4.90 Å². The van der Waals surface area contributed by atoms with E-state index < -0.39 is 0 Å². The van der Waals surface area contributed by atoms with E-state index in [9.17, 15) is 4.79 Å². The first-order valence-electron chi connectivity index (χ1n) is 8.19. The number of likely N-dealkylation sites (N-methyl/N-ethyl adjacent to an activating group) is 1. The van der Waals surface area contributed by atoms with E-state index in [0.717, 1.165) is 43.9 Å². The van der Waals surface area contributed by atoms with Gasteiger partial charge in [0.2, 0.25) is 0 Å². The normalized spacial score (nSPS) is 14.7. The second-order valence-electron chi connectivity index (χ2n) is 5.98. The van der Waals surface area contributed by atoms with Gasteiger partial charge < -0.3 is 9.80 Å². The number of anilines is 1. The Bertz CT molecular complexity index is 686. The van der Waals surface area contributed by atoms with Crippen LogP contribution in [-0.4, -0.2) is 47.5 Å². The minimum Gasteiger partial charge on any atom is -0.358 e. The van der Waals surface area contributed by atoms with Crippen molar-refractivity contribution in [3.63, 3.8) is 0 Å². The summed E-state index contributed by atoms with van der Waals surface area (Å²) in [6.45, 7) is 2.43. The molecule has 24 heavy (non-hydrogen) atoms. The molecule has 1 saturated heterocycles. The first kappa shape index (κ1) is 17.2. The number of pyridine rings is 1. The molecule has 1 amide bonds. The van der Waals surface area contributed by atoms with E-state index >= 15 is 0 Å². The Morgan fingerprint density at radius 2 is 2.12 bits per heavy atom. The van der Waals surface area contributed by atoms with Crippen molar-refractivity contribution in [2.24, 2.45) is 0 Å². The second kappa shape index (κ2) is 7.94. The Hall–Kier alpha value is -1.66. The molecule has 1 aliphatic rings. The zero-order valence-electron chi connectivity index (χ0n) is 13.7. The molecular formula is C17H21ClN4OS. The third-order valence-electron chi connectivity index (χ3n) is 4.22. The van der Waals surface area contributed by atoms with Crippen molar-refractivity contribution >= 4 is 34.7 Å². The molecule has 0 N–H and O–H groups in total. The summed E-state index contributed by atoms with van der Waals surface area (Å²) >= 11 is 8.03. The van der Waals surface area contributed by atoms with E-state index in [-0.39, 0.29) is 5.91 Å². The van der Waals surface area contributed by atoms with Crippen LogP contribution in [0.2, 0.25) is 5.02 Å². The molecule has 0 atom stereocenters. The van der Waals surface area contributed by atoms with Crippen molar-refractivity contribution in [2.45, 2.75) is 25.7 Å². The zero-order valence-corrected chi connectivity index (χ0v) is 15.3. The van der Waals surface area contributed by atoms with Crippen molar-refractivity contribution in [1.82, 2.24) is 14.9 Å². The van der Waals surface area contributed by atoms with Gasteiger partial charge in [0.25, 0.3) is 5.91 Å². The number of aromatic nitrogens is 2. The first-order chi connectivity index (χ1) is 11.6. The second-order valence-corrected chi connectivity index (χ2v) is 7.37. The monoisotopic (exact) mass is 364 g/mol. The van der Waals surface area contributed by atoms with Crippen molar-refractivity contribution in [3.8, 4) is 0 Å². The molecule has 2 aromatic rings. The lowest BCUT2D eigenvalue weighted by molar-refractivity contribution is 0.0724. The Balaban J connectivity index is 1.66. The number of piperidine rings is 1. The van der Waals surface area contributed by atoms with Gasteiger partial charge in [-0.1, -0.05) is 11.6 Å². The highest BCUT2D eigenvalue weighted by Gasteiger charge is 2.20. The number of amides is 1. The molecular weight excluding hydrogens is 344 g/mol. The van der Waals surface area contributed by atoms with E-state index in [1.54, 1.807) is 23.6 Å². The number of halogens is 1. The number of carbonyl (C=O) groups excluding carboxylic acids is 1. The first-order valence-corrected chi connectivity index (χ1v) is 9.45. The lowest BCUT2D eigenvalue weighted by Gasteiger charge is -2.27. The fraction of sp³-hybridized carbons (Fsp3) is 0.471. The topological polar surface area (TPSA) is 49.3 Å². The van der Waals surface area contributed by atoms with Gasteiger partial charge in [-0.3, -0.25) is 4.79 Å². The number of rotatable bonds is 5. The molecule has 0 spiro atoms. The summed E-state index contributed by atoms with van der Waals surface area (Å²) in [5.74, 6) is 0.726. The van der Waals surface area contributed by atoms with Gasteiger partial charge in [0, 0.05) is 50.9 Å². The Morgan fingerprint density at radius 1 is 1.33 bits per heavy atom. The van der Waals surface area contributed by atoms with Gasteiger partial charge in [-0.15, -0.1) is 11.3 Å². The van der Waals surface area contributed by atoms with Crippen molar-refractivity contribution in [1.29, 1.82) is 0 Å². The fourth-order valence-electron chi connectivity index (χ4n) is 2.85. The van der Waals surface area contributed by atoms with E-state index in [1.165, 1.54) is 6.42 Å². The number of thiazole rings is 1. The van der Waals surface area contributed by atoms with Crippen LogP contribution in [0.3, 0.4) is 0 Å². The van der Waals surface area contributed by atoms with E-state index in [0.29, 0.717) is 16.4 Å². The van der Waals surface area contributed by atoms with Crippen LogP contribution in [0.5, 0.6) is 0 Å². The summed E-state index contributed by atoms with van der Waals surface area (Å²) in [4.78, 5) is 25.1. The van der Waals surface area contributed by atoms with Crippen LogP contribution >= 0.6 is 22.9 Å². The van der Waals surface area contributed by atoms with E-state index in [4.69, 9.17) is 11.6 Å². The number of likely N-dealkylation sites (tertiary alicyclic amines) is 1. The lowest BCUT2D eigenvalue weighted by Crippen LogP contribution is -2.35. The highest BCUT2D eigenvalue weighted by atomic mass is 35.5. The quantitative estimate of drug-likeness (QED) is 0.814. The highest BCUT2D eigenvalue weighted by Crippen LogP contribution is 2.24. The van der Waals surface area contributed by atoms with Crippen LogP contribution in [-0.2, 0) is 6.42 Å². The van der Waals surface area contributed by atoms with Crippen molar-refractivity contribution in [3.05, 3.63) is 39.4 Å². The molecule has 0 saturated carbocycles. The van der Waals surface area contributed by atoms with Crippen LogP contribution in [0, 0.1) is 0 Å². The minimum absolute atomic E-state index is 0.0288. The number of hydrogen-bond donors (Lipinski definition) is 0. The molecule has 0 bridgehead atoms. The summed E-state index contributed by atoms with van der Waals surface area (Å²) in [5, 5.41) is 3.58. The fourth-order valence-corrected chi connectivity index (χ4v) is 3.77. The third kappa shape index (κ3) is 4.05. The molecule has 0 aromatic carbocycles. The van der Waals surface area contributed by atoms with Crippen molar-refractivity contribution < 1.29 is 4.79 Å². The molecule has 5 nitrogen and oxygen atoms in total. The summed E-state index contributed by atoms with van der Waals surface area (Å²) in [6, 6.07) is 1.74. The Kier molecular flexibility index (Phi) is 5.68. The van der Waals surface area contributed by atoms with Gasteiger partial charge in [0.05, 0.1) is 15.6 Å². The summed E-state index contributed by atoms with van der Waals surface area (Å²) in [6.07, 6.45) is 7.64. The van der Waals surface area contributed by atoms with Crippen LogP contribution in [0.4, 0.5) is 5.82 Å². The predicted molar refractivity (Wildman–Crippen MR) is 98.1 cm³/mol. The van der Waals surface area contributed by atoms with E-state index in [1.807, 2.05) is 28.4 Å². The molecule has 128 valence electrons. The van der Waals surface area contributed by atoms with Gasteiger partial charge in [-0.25, -0.2) is 9.97 Å². The molecule has 1 fully saturated rings. The maximum absolute atomic E-state index is 12.5. The van der Waals surface area contributed by atoms with Gasteiger partial charge in [0.15, 0.2) is 0 Å². The molecule has 7 heteroatoms. The Labute approximate surface area is 151 Å². The molecule has 3 rings (SSSR count). The average molecular weight is 365 g/mol. The van der Waals surface area contributed by atoms with Gasteiger partial charge in [-0.05, 0) is 25.3 Å². The minimum atomic E-state index is 0.0288. The molecule has 2 aromatic heterocycles. The van der Waals surface area contributed by atoms with Crippen LogP contribution in [0.1, 0.15) is 34.6 Å².